The van der Waals surface area contributed by atoms with E-state index in [1.54, 1.807) is 18.2 Å². The minimum atomic E-state index is -0.981. The van der Waals surface area contributed by atoms with Crippen molar-refractivity contribution in [3.8, 4) is 5.69 Å². The SMILES string of the molecule is Cc1cc(/C=C2\SC(=Nc3ccccc3)NC2=O)c(C)n1-c1ccccc1C(=O)O. The third kappa shape index (κ3) is 3.79. The van der Waals surface area contributed by atoms with Gasteiger partial charge in [-0.25, -0.2) is 9.79 Å². The number of aryl methyl sites for hydroxylation is 1. The summed E-state index contributed by atoms with van der Waals surface area (Å²) in [5.41, 5.74) is 4.18. The van der Waals surface area contributed by atoms with Crippen LogP contribution in [0.1, 0.15) is 27.3 Å². The lowest BCUT2D eigenvalue weighted by Crippen LogP contribution is -2.19. The number of hydrogen-bond donors (Lipinski definition) is 2. The number of nitrogens with zero attached hydrogens (tertiary/aromatic N) is 2. The predicted molar refractivity (Wildman–Crippen MR) is 119 cm³/mol. The first-order valence-electron chi connectivity index (χ1n) is 9.30. The van der Waals surface area contributed by atoms with Crippen LogP contribution >= 0.6 is 11.8 Å². The maximum atomic E-state index is 12.4. The highest BCUT2D eigenvalue weighted by Crippen LogP contribution is 2.31. The second-order valence-corrected chi connectivity index (χ2v) is 7.83. The van der Waals surface area contributed by atoms with E-state index in [0.717, 1.165) is 22.6 Å². The number of carboxylic acids is 1. The number of benzene rings is 2. The molecule has 1 aliphatic rings. The van der Waals surface area contributed by atoms with Crippen molar-refractivity contribution in [2.45, 2.75) is 13.8 Å². The maximum Gasteiger partial charge on any atom is 0.337 e. The molecule has 0 unspecified atom stereocenters. The van der Waals surface area contributed by atoms with Crippen molar-refractivity contribution in [1.29, 1.82) is 0 Å². The van der Waals surface area contributed by atoms with Gasteiger partial charge < -0.3 is 15.0 Å². The van der Waals surface area contributed by atoms with E-state index in [1.807, 2.05) is 67.0 Å². The van der Waals surface area contributed by atoms with Gasteiger partial charge in [0.25, 0.3) is 5.91 Å². The third-order valence-corrected chi connectivity index (χ3v) is 5.68. The highest BCUT2D eigenvalue weighted by molar-refractivity contribution is 8.18. The number of para-hydroxylation sites is 2. The molecule has 0 spiro atoms. The van der Waals surface area contributed by atoms with Crippen LogP contribution in [0.5, 0.6) is 0 Å². The van der Waals surface area contributed by atoms with E-state index in [0.29, 0.717) is 15.8 Å². The van der Waals surface area contributed by atoms with Crippen LogP contribution in [0, 0.1) is 13.8 Å². The molecule has 7 heteroatoms. The zero-order valence-electron chi connectivity index (χ0n) is 16.4. The van der Waals surface area contributed by atoms with E-state index in [9.17, 15) is 14.7 Å². The average Bonchev–Trinajstić information content (AvgIpc) is 3.20. The molecule has 1 amide bonds. The van der Waals surface area contributed by atoms with Gasteiger partial charge in [-0.1, -0.05) is 30.3 Å². The topological polar surface area (TPSA) is 83.7 Å². The Morgan fingerprint density at radius 3 is 2.53 bits per heavy atom. The van der Waals surface area contributed by atoms with Gasteiger partial charge in [0.2, 0.25) is 0 Å². The largest absolute Gasteiger partial charge is 0.478 e. The third-order valence-electron chi connectivity index (χ3n) is 4.77. The molecule has 1 aliphatic heterocycles. The van der Waals surface area contributed by atoms with Gasteiger partial charge in [0.1, 0.15) is 0 Å². The van der Waals surface area contributed by atoms with Crippen molar-refractivity contribution in [2.24, 2.45) is 4.99 Å². The van der Waals surface area contributed by atoms with Gasteiger partial charge >= 0.3 is 5.97 Å². The fourth-order valence-electron chi connectivity index (χ4n) is 3.40. The van der Waals surface area contributed by atoms with Crippen LogP contribution in [-0.2, 0) is 4.79 Å². The van der Waals surface area contributed by atoms with E-state index in [4.69, 9.17) is 0 Å². The normalized spacial score (nSPS) is 16.3. The number of amidine groups is 1. The van der Waals surface area contributed by atoms with Crippen molar-refractivity contribution in [3.63, 3.8) is 0 Å². The molecule has 3 aromatic rings. The molecule has 30 heavy (non-hydrogen) atoms. The van der Waals surface area contributed by atoms with Crippen molar-refractivity contribution in [3.05, 3.63) is 88.1 Å². The molecule has 4 rings (SSSR count). The van der Waals surface area contributed by atoms with Crippen molar-refractivity contribution >= 4 is 40.6 Å². The Kier molecular flexibility index (Phi) is 5.29. The lowest BCUT2D eigenvalue weighted by Gasteiger charge is -2.12. The number of amides is 1. The number of nitrogens with one attached hydrogen (secondary N) is 1. The molecule has 0 radical (unpaired) electrons. The molecular formula is C23H19N3O3S. The van der Waals surface area contributed by atoms with Crippen LogP contribution in [0.4, 0.5) is 5.69 Å². The smallest absolute Gasteiger partial charge is 0.337 e. The molecule has 150 valence electrons. The fourth-order valence-corrected chi connectivity index (χ4v) is 4.23. The molecule has 0 saturated carbocycles. The van der Waals surface area contributed by atoms with Crippen molar-refractivity contribution in [1.82, 2.24) is 9.88 Å². The van der Waals surface area contributed by atoms with Crippen molar-refractivity contribution < 1.29 is 14.7 Å². The fraction of sp³-hybridized carbons (Fsp3) is 0.0870. The Hall–Kier alpha value is -3.58. The zero-order chi connectivity index (χ0) is 21.3. The van der Waals surface area contributed by atoms with Gasteiger partial charge in [0.05, 0.1) is 21.8 Å². The Balaban J connectivity index is 1.69. The molecule has 2 heterocycles. The zero-order valence-corrected chi connectivity index (χ0v) is 17.2. The first-order valence-corrected chi connectivity index (χ1v) is 10.1. The minimum Gasteiger partial charge on any atom is -0.478 e. The quantitative estimate of drug-likeness (QED) is 0.604. The molecule has 0 bridgehead atoms. The standard InChI is InChI=1S/C23H19N3O3S/c1-14-12-16(15(2)26(14)19-11-7-6-10-18(19)22(28)29)13-20-21(27)25-23(30-20)24-17-8-4-3-5-9-17/h3-13H,1-2H3,(H,28,29)(H,24,25,27)/b20-13-. The van der Waals surface area contributed by atoms with Crippen LogP contribution < -0.4 is 5.32 Å². The van der Waals surface area contributed by atoms with Gasteiger partial charge in [0, 0.05) is 11.4 Å². The lowest BCUT2D eigenvalue weighted by molar-refractivity contribution is -0.115. The second-order valence-electron chi connectivity index (χ2n) is 6.80. The first-order chi connectivity index (χ1) is 14.4. The summed E-state index contributed by atoms with van der Waals surface area (Å²) in [7, 11) is 0. The number of aliphatic imine (C=N–C) groups is 1. The van der Waals surface area contributed by atoms with Crippen LogP contribution in [0.15, 0.2) is 70.6 Å². The highest BCUT2D eigenvalue weighted by Gasteiger charge is 2.25. The Morgan fingerprint density at radius 1 is 1.10 bits per heavy atom. The van der Waals surface area contributed by atoms with Gasteiger partial charge in [-0.05, 0) is 67.6 Å². The molecule has 1 saturated heterocycles. The van der Waals surface area contributed by atoms with E-state index >= 15 is 0 Å². The molecule has 2 N–H and O–H groups in total. The predicted octanol–water partition coefficient (Wildman–Crippen LogP) is 4.68. The van der Waals surface area contributed by atoms with E-state index in [2.05, 4.69) is 10.3 Å². The number of carbonyl (C=O) groups excluding carboxylic acids is 1. The summed E-state index contributed by atoms with van der Waals surface area (Å²) in [6.07, 6.45) is 1.82. The summed E-state index contributed by atoms with van der Waals surface area (Å²) in [5, 5.41) is 12.9. The number of thioether (sulfide) groups is 1. The number of hydrogen-bond acceptors (Lipinski definition) is 4. The van der Waals surface area contributed by atoms with E-state index < -0.39 is 5.97 Å². The van der Waals surface area contributed by atoms with Crippen LogP contribution in [-0.4, -0.2) is 26.7 Å². The van der Waals surface area contributed by atoms with Gasteiger partial charge in [0.15, 0.2) is 5.17 Å². The molecule has 6 nitrogen and oxygen atoms in total. The average molecular weight is 417 g/mol. The van der Waals surface area contributed by atoms with Gasteiger partial charge in [-0.3, -0.25) is 4.79 Å². The van der Waals surface area contributed by atoms with Gasteiger partial charge in [-0.2, -0.15) is 0 Å². The summed E-state index contributed by atoms with van der Waals surface area (Å²) in [4.78, 5) is 29.1. The summed E-state index contributed by atoms with van der Waals surface area (Å²) < 4.78 is 1.90. The van der Waals surface area contributed by atoms with Crippen LogP contribution in [0.25, 0.3) is 11.8 Å². The highest BCUT2D eigenvalue weighted by atomic mass is 32.2. The lowest BCUT2D eigenvalue weighted by atomic mass is 10.1. The molecule has 1 aromatic heterocycles. The summed E-state index contributed by atoms with van der Waals surface area (Å²) in [5.74, 6) is -1.18. The molecule has 2 aromatic carbocycles. The molecular weight excluding hydrogens is 398 g/mol. The number of carboxylic acid groups (broad SMARTS) is 1. The number of aromatic nitrogens is 1. The van der Waals surface area contributed by atoms with Crippen molar-refractivity contribution in [2.75, 3.05) is 0 Å². The van der Waals surface area contributed by atoms with Crippen LogP contribution in [0.2, 0.25) is 0 Å². The van der Waals surface area contributed by atoms with Crippen LogP contribution in [0.3, 0.4) is 0 Å². The second kappa shape index (κ2) is 8.04. The number of carbonyl (C=O) groups is 2. The first kappa shape index (κ1) is 19.7. The van der Waals surface area contributed by atoms with E-state index in [1.165, 1.54) is 11.8 Å². The molecule has 0 aliphatic carbocycles. The monoisotopic (exact) mass is 417 g/mol. The Bertz CT molecular complexity index is 1210. The summed E-state index contributed by atoms with van der Waals surface area (Å²) in [6.45, 7) is 3.83. The number of rotatable bonds is 4. The summed E-state index contributed by atoms with van der Waals surface area (Å²) in [6, 6.07) is 18.3. The molecule has 0 atom stereocenters. The summed E-state index contributed by atoms with van der Waals surface area (Å²) >= 11 is 1.28. The van der Waals surface area contributed by atoms with Gasteiger partial charge in [-0.15, -0.1) is 0 Å². The Labute approximate surface area is 178 Å². The molecule has 1 fully saturated rings. The minimum absolute atomic E-state index is 0.203. The van der Waals surface area contributed by atoms with E-state index in [-0.39, 0.29) is 11.5 Å². The Morgan fingerprint density at radius 2 is 1.80 bits per heavy atom. The maximum absolute atomic E-state index is 12.4. The number of aromatic carboxylic acids is 1.